The van der Waals surface area contributed by atoms with E-state index >= 15 is 0 Å². The van der Waals surface area contributed by atoms with E-state index in [1.165, 1.54) is 5.56 Å². The van der Waals surface area contributed by atoms with Crippen molar-refractivity contribution in [3.05, 3.63) is 56.7 Å². The number of H-pyrrole nitrogens is 1. The van der Waals surface area contributed by atoms with Crippen molar-refractivity contribution in [2.45, 2.75) is 39.0 Å². The summed E-state index contributed by atoms with van der Waals surface area (Å²) in [5.74, 6) is 0.916. The Balaban J connectivity index is 1.54. The highest BCUT2D eigenvalue weighted by Gasteiger charge is 2.42. The lowest BCUT2D eigenvalue weighted by Crippen LogP contribution is -2.52. The third kappa shape index (κ3) is 3.00. The normalized spacial score (nSPS) is 24.8. The first-order valence-electron chi connectivity index (χ1n) is 11.7. The second-order valence-corrected chi connectivity index (χ2v) is 9.57. The minimum Gasteiger partial charge on any atom is -0.381 e. The molecule has 1 aromatic carbocycles. The number of para-hydroxylation sites is 1. The van der Waals surface area contributed by atoms with Crippen LogP contribution in [-0.2, 0) is 16.0 Å². The SMILES string of the molecule is CC1C=c2[nH]c(=O)c3nnc(C4CCOCC4)n3c2=CC1(C)C(=O)N1CCc2ccccc21. The molecule has 3 aliphatic rings. The summed E-state index contributed by atoms with van der Waals surface area (Å²) in [6, 6.07) is 8.11. The van der Waals surface area contributed by atoms with Crippen LogP contribution in [0.5, 0.6) is 0 Å². The van der Waals surface area contributed by atoms with Gasteiger partial charge in [-0.1, -0.05) is 31.2 Å². The van der Waals surface area contributed by atoms with Crippen LogP contribution in [-0.4, -0.2) is 45.2 Å². The molecule has 8 nitrogen and oxygen atoms in total. The Hall–Kier alpha value is -3.26. The van der Waals surface area contributed by atoms with Gasteiger partial charge < -0.3 is 14.6 Å². The number of ether oxygens (including phenoxy) is 1. The molecule has 1 amide bonds. The summed E-state index contributed by atoms with van der Waals surface area (Å²) in [5.41, 5.74) is 1.44. The first-order chi connectivity index (χ1) is 16.0. The van der Waals surface area contributed by atoms with Gasteiger partial charge in [0.1, 0.15) is 5.82 Å². The quantitative estimate of drug-likeness (QED) is 0.638. The zero-order chi connectivity index (χ0) is 22.7. The third-order valence-electron chi connectivity index (χ3n) is 7.63. The molecule has 1 aliphatic carbocycles. The van der Waals surface area contributed by atoms with Crippen molar-refractivity contribution < 1.29 is 9.53 Å². The number of carbonyl (C=O) groups is 1. The Bertz CT molecular complexity index is 1450. The van der Waals surface area contributed by atoms with E-state index in [2.05, 4.69) is 21.2 Å². The van der Waals surface area contributed by atoms with E-state index in [0.29, 0.717) is 19.8 Å². The van der Waals surface area contributed by atoms with E-state index in [0.717, 1.165) is 41.5 Å². The fourth-order valence-corrected chi connectivity index (χ4v) is 5.47. The molecule has 2 aromatic heterocycles. The summed E-state index contributed by atoms with van der Waals surface area (Å²) in [6.07, 6.45) is 6.56. The van der Waals surface area contributed by atoms with Gasteiger partial charge in [-0.05, 0) is 49.8 Å². The van der Waals surface area contributed by atoms with Gasteiger partial charge in [0.15, 0.2) is 0 Å². The Kier molecular flexibility index (Phi) is 4.55. The molecule has 3 aromatic rings. The van der Waals surface area contributed by atoms with Gasteiger partial charge in [0, 0.05) is 31.4 Å². The maximum Gasteiger partial charge on any atom is 0.294 e. The van der Waals surface area contributed by atoms with Crippen molar-refractivity contribution in [2.24, 2.45) is 11.3 Å². The van der Waals surface area contributed by atoms with Gasteiger partial charge >= 0.3 is 0 Å². The van der Waals surface area contributed by atoms with Gasteiger partial charge in [-0.25, -0.2) is 0 Å². The lowest BCUT2D eigenvalue weighted by Gasteiger charge is -2.35. The smallest absolute Gasteiger partial charge is 0.294 e. The summed E-state index contributed by atoms with van der Waals surface area (Å²) < 4.78 is 7.39. The van der Waals surface area contributed by atoms with E-state index in [4.69, 9.17) is 4.74 Å². The molecule has 170 valence electrons. The van der Waals surface area contributed by atoms with E-state index < -0.39 is 5.41 Å². The molecule has 1 fully saturated rings. The topological polar surface area (TPSA) is 92.6 Å². The Morgan fingerprint density at radius 2 is 2.00 bits per heavy atom. The fourth-order valence-electron chi connectivity index (χ4n) is 5.47. The van der Waals surface area contributed by atoms with Crippen LogP contribution < -0.4 is 21.2 Å². The van der Waals surface area contributed by atoms with Crippen molar-refractivity contribution in [3.8, 4) is 0 Å². The Morgan fingerprint density at radius 1 is 1.21 bits per heavy atom. The van der Waals surface area contributed by atoms with Crippen LogP contribution in [0.3, 0.4) is 0 Å². The zero-order valence-corrected chi connectivity index (χ0v) is 18.9. The first kappa shape index (κ1) is 20.4. The van der Waals surface area contributed by atoms with E-state index in [1.807, 2.05) is 53.5 Å². The second kappa shape index (κ2) is 7.38. The first-order valence-corrected chi connectivity index (χ1v) is 11.7. The number of hydrogen-bond acceptors (Lipinski definition) is 5. The number of hydrogen-bond donors (Lipinski definition) is 1. The minimum atomic E-state index is -0.771. The average molecular weight is 446 g/mol. The third-order valence-corrected chi connectivity index (χ3v) is 7.63. The predicted molar refractivity (Wildman–Crippen MR) is 124 cm³/mol. The Labute approximate surface area is 190 Å². The maximum absolute atomic E-state index is 14.0. The molecule has 1 saturated heterocycles. The molecule has 0 spiro atoms. The number of aromatic amines is 1. The van der Waals surface area contributed by atoms with Gasteiger partial charge in [-0.15, -0.1) is 10.2 Å². The largest absolute Gasteiger partial charge is 0.381 e. The summed E-state index contributed by atoms with van der Waals surface area (Å²) >= 11 is 0. The fraction of sp³-hybridized carbons (Fsp3) is 0.440. The number of amides is 1. The molecular formula is C25H27N5O3. The number of aromatic nitrogens is 4. The van der Waals surface area contributed by atoms with E-state index in [9.17, 15) is 9.59 Å². The van der Waals surface area contributed by atoms with Crippen LogP contribution in [0.15, 0.2) is 29.1 Å². The van der Waals surface area contributed by atoms with Crippen LogP contribution >= 0.6 is 0 Å². The molecule has 0 radical (unpaired) electrons. The summed E-state index contributed by atoms with van der Waals surface area (Å²) in [4.78, 5) is 31.6. The summed E-state index contributed by atoms with van der Waals surface area (Å²) in [5, 5.41) is 10.1. The predicted octanol–water partition coefficient (Wildman–Crippen LogP) is 1.12. The molecule has 4 heterocycles. The highest BCUT2D eigenvalue weighted by molar-refractivity contribution is 6.03. The number of anilines is 1. The molecule has 0 bridgehead atoms. The van der Waals surface area contributed by atoms with Gasteiger partial charge in [0.05, 0.1) is 16.1 Å². The van der Waals surface area contributed by atoms with Gasteiger partial charge in [-0.2, -0.15) is 0 Å². The molecular weight excluding hydrogens is 418 g/mol. The number of fused-ring (bicyclic) bond motifs is 4. The molecule has 1 N–H and O–H groups in total. The Morgan fingerprint density at radius 3 is 2.82 bits per heavy atom. The van der Waals surface area contributed by atoms with Gasteiger partial charge in [0.2, 0.25) is 11.6 Å². The number of nitrogens with one attached hydrogen (secondary N) is 1. The average Bonchev–Trinajstić information content (AvgIpc) is 3.46. The van der Waals surface area contributed by atoms with Crippen LogP contribution in [0.1, 0.15) is 44.0 Å². The monoisotopic (exact) mass is 445 g/mol. The molecule has 2 atom stereocenters. The highest BCUT2D eigenvalue weighted by atomic mass is 16.5. The molecule has 2 aliphatic heterocycles. The standard InChI is InChI=1S/C25H27N5O3/c1-15-13-18-20(14-25(15,2)24(32)29-10-7-16-5-3-4-6-19(16)29)30-21(17-8-11-33-12-9-17)27-28-22(30)23(31)26-18/h3-6,13-15,17H,7-12H2,1-2H3,(H,26,31). The van der Waals surface area contributed by atoms with Crippen molar-refractivity contribution >= 4 is 29.4 Å². The molecule has 6 rings (SSSR count). The molecule has 2 unspecified atom stereocenters. The van der Waals surface area contributed by atoms with Crippen LogP contribution in [0.25, 0.3) is 17.8 Å². The lowest BCUT2D eigenvalue weighted by molar-refractivity contribution is -0.125. The van der Waals surface area contributed by atoms with Crippen molar-refractivity contribution in [3.63, 3.8) is 0 Å². The van der Waals surface area contributed by atoms with Crippen molar-refractivity contribution in [2.75, 3.05) is 24.7 Å². The lowest BCUT2D eigenvalue weighted by atomic mass is 9.74. The number of carbonyl (C=O) groups excluding carboxylic acids is 1. The van der Waals surface area contributed by atoms with Crippen LogP contribution in [0, 0.1) is 11.3 Å². The van der Waals surface area contributed by atoms with Crippen molar-refractivity contribution in [1.82, 2.24) is 19.6 Å². The van der Waals surface area contributed by atoms with Crippen LogP contribution in [0.4, 0.5) is 5.69 Å². The minimum absolute atomic E-state index is 0.0712. The molecule has 0 saturated carbocycles. The van der Waals surface area contributed by atoms with E-state index in [1.54, 1.807) is 0 Å². The summed E-state index contributed by atoms with van der Waals surface area (Å²) in [7, 11) is 0. The second-order valence-electron chi connectivity index (χ2n) is 9.57. The number of nitrogens with zero attached hydrogens (tertiary/aromatic N) is 4. The highest BCUT2D eigenvalue weighted by Crippen LogP contribution is 2.38. The number of rotatable bonds is 2. The molecule has 8 heteroatoms. The van der Waals surface area contributed by atoms with Gasteiger partial charge in [-0.3, -0.25) is 14.0 Å². The maximum atomic E-state index is 14.0. The van der Waals surface area contributed by atoms with E-state index in [-0.39, 0.29) is 28.9 Å². The van der Waals surface area contributed by atoms with Crippen LogP contribution in [0.2, 0.25) is 0 Å². The van der Waals surface area contributed by atoms with Gasteiger partial charge in [0.25, 0.3) is 5.56 Å². The van der Waals surface area contributed by atoms with Crippen molar-refractivity contribution in [1.29, 1.82) is 0 Å². The summed E-state index contributed by atoms with van der Waals surface area (Å²) in [6.45, 7) is 6.05. The number of benzene rings is 1. The zero-order valence-electron chi connectivity index (χ0n) is 18.9. The molecule has 33 heavy (non-hydrogen) atoms.